The molecule has 0 unspecified atom stereocenters. The van der Waals surface area contributed by atoms with Crippen molar-refractivity contribution in [3.05, 3.63) is 33.6 Å². The molecule has 0 aromatic carbocycles. The summed E-state index contributed by atoms with van der Waals surface area (Å²) in [6.45, 7) is 5.61. The molecular formula is C11H14N2O4. The van der Waals surface area contributed by atoms with Gasteiger partial charge in [-0.3, -0.25) is 15.1 Å². The van der Waals surface area contributed by atoms with Crippen LogP contribution in [0.2, 0.25) is 0 Å². The fourth-order valence-electron chi connectivity index (χ4n) is 1.14. The summed E-state index contributed by atoms with van der Waals surface area (Å²) in [6.07, 6.45) is 1.28. The summed E-state index contributed by atoms with van der Waals surface area (Å²) in [6, 6.07) is 1.19. The average molecular weight is 238 g/mol. The second kappa shape index (κ2) is 5.38. The van der Waals surface area contributed by atoms with Crippen LogP contribution in [0.15, 0.2) is 12.3 Å². The van der Waals surface area contributed by atoms with Crippen LogP contribution in [0.4, 0.5) is 5.69 Å². The zero-order valence-corrected chi connectivity index (χ0v) is 9.97. The largest absolute Gasteiger partial charge is 0.462 e. The van der Waals surface area contributed by atoms with Crippen molar-refractivity contribution in [2.24, 2.45) is 5.92 Å². The first-order valence-electron chi connectivity index (χ1n) is 5.20. The standard InChI is InChI=1S/C11H14N2O4/c1-7(2)6-17-11(14)9-4-10(13(15)16)8(3)12-5-9/h4-5,7H,6H2,1-3H3. The molecule has 6 nitrogen and oxygen atoms in total. The molecular weight excluding hydrogens is 224 g/mol. The van der Waals surface area contributed by atoms with Gasteiger partial charge in [0.1, 0.15) is 5.69 Å². The summed E-state index contributed by atoms with van der Waals surface area (Å²) >= 11 is 0. The summed E-state index contributed by atoms with van der Waals surface area (Å²) in [5, 5.41) is 10.7. The second-order valence-corrected chi connectivity index (χ2v) is 4.08. The highest BCUT2D eigenvalue weighted by Gasteiger charge is 2.17. The SMILES string of the molecule is Cc1ncc(C(=O)OCC(C)C)cc1[N+](=O)[O-]. The minimum absolute atomic E-state index is 0.1000. The van der Waals surface area contributed by atoms with E-state index in [9.17, 15) is 14.9 Å². The topological polar surface area (TPSA) is 82.3 Å². The Morgan fingerprint density at radius 2 is 2.24 bits per heavy atom. The molecule has 1 heterocycles. The number of carbonyl (C=O) groups excluding carboxylic acids is 1. The minimum atomic E-state index is -0.589. The monoisotopic (exact) mass is 238 g/mol. The summed E-state index contributed by atoms with van der Waals surface area (Å²) in [7, 11) is 0. The zero-order chi connectivity index (χ0) is 13.0. The average Bonchev–Trinajstić information content (AvgIpc) is 2.26. The lowest BCUT2D eigenvalue weighted by Crippen LogP contribution is -2.11. The van der Waals surface area contributed by atoms with E-state index >= 15 is 0 Å². The van der Waals surface area contributed by atoms with Crippen LogP contribution in [-0.4, -0.2) is 22.5 Å². The van der Waals surface area contributed by atoms with E-state index in [1.165, 1.54) is 19.2 Å². The van der Waals surface area contributed by atoms with Gasteiger partial charge < -0.3 is 4.74 Å². The van der Waals surface area contributed by atoms with E-state index in [1.54, 1.807) is 0 Å². The number of carbonyl (C=O) groups is 1. The van der Waals surface area contributed by atoms with Gasteiger partial charge in [0.2, 0.25) is 0 Å². The summed E-state index contributed by atoms with van der Waals surface area (Å²) in [4.78, 5) is 25.5. The molecule has 0 N–H and O–H groups in total. The highest BCUT2D eigenvalue weighted by atomic mass is 16.6. The molecule has 92 valence electrons. The van der Waals surface area contributed by atoms with E-state index in [0.717, 1.165) is 0 Å². The van der Waals surface area contributed by atoms with E-state index in [-0.39, 0.29) is 29.5 Å². The molecule has 0 saturated heterocycles. The molecule has 1 rings (SSSR count). The first-order valence-corrected chi connectivity index (χ1v) is 5.20. The second-order valence-electron chi connectivity index (χ2n) is 4.08. The summed E-state index contributed by atoms with van der Waals surface area (Å²) in [5.41, 5.74) is 0.197. The lowest BCUT2D eigenvalue weighted by atomic mass is 10.2. The number of ether oxygens (including phenoxy) is 1. The number of rotatable bonds is 4. The third kappa shape index (κ3) is 3.51. The molecule has 1 aromatic rings. The van der Waals surface area contributed by atoms with Crippen LogP contribution in [0.5, 0.6) is 0 Å². The third-order valence-electron chi connectivity index (χ3n) is 2.04. The van der Waals surface area contributed by atoms with Crippen molar-refractivity contribution in [3.63, 3.8) is 0 Å². The molecule has 0 saturated carbocycles. The molecule has 0 fully saturated rings. The maximum Gasteiger partial charge on any atom is 0.339 e. The van der Waals surface area contributed by atoms with Gasteiger partial charge in [-0.1, -0.05) is 13.8 Å². The molecule has 0 radical (unpaired) electrons. The van der Waals surface area contributed by atoms with Crippen LogP contribution in [0.1, 0.15) is 29.9 Å². The van der Waals surface area contributed by atoms with E-state index in [4.69, 9.17) is 4.74 Å². The number of pyridine rings is 1. The molecule has 6 heteroatoms. The highest BCUT2D eigenvalue weighted by Crippen LogP contribution is 2.17. The Hall–Kier alpha value is -1.98. The Morgan fingerprint density at radius 3 is 2.76 bits per heavy atom. The molecule has 0 atom stereocenters. The number of nitrogens with zero attached hydrogens (tertiary/aromatic N) is 2. The number of aromatic nitrogens is 1. The fraction of sp³-hybridized carbons (Fsp3) is 0.455. The van der Waals surface area contributed by atoms with E-state index in [1.807, 2.05) is 13.8 Å². The number of hydrogen-bond acceptors (Lipinski definition) is 5. The van der Waals surface area contributed by atoms with Crippen LogP contribution in [-0.2, 0) is 4.74 Å². The molecule has 0 aliphatic carbocycles. The Bertz CT molecular complexity index is 443. The van der Waals surface area contributed by atoms with Gasteiger partial charge >= 0.3 is 5.97 Å². The van der Waals surface area contributed by atoms with E-state index in [2.05, 4.69) is 4.98 Å². The lowest BCUT2D eigenvalue weighted by molar-refractivity contribution is -0.385. The van der Waals surface area contributed by atoms with Gasteiger partial charge in [-0.15, -0.1) is 0 Å². The number of esters is 1. The number of nitro groups is 1. The fourth-order valence-corrected chi connectivity index (χ4v) is 1.14. The molecule has 0 spiro atoms. The van der Waals surface area contributed by atoms with Gasteiger partial charge in [0.05, 0.1) is 17.1 Å². The van der Waals surface area contributed by atoms with E-state index < -0.39 is 10.9 Å². The predicted molar refractivity (Wildman–Crippen MR) is 60.7 cm³/mol. The lowest BCUT2D eigenvalue weighted by Gasteiger charge is -2.07. The smallest absolute Gasteiger partial charge is 0.339 e. The van der Waals surface area contributed by atoms with Crippen LogP contribution in [0.3, 0.4) is 0 Å². The zero-order valence-electron chi connectivity index (χ0n) is 9.97. The van der Waals surface area contributed by atoms with E-state index in [0.29, 0.717) is 0 Å². The molecule has 1 aromatic heterocycles. The molecule has 0 amide bonds. The minimum Gasteiger partial charge on any atom is -0.462 e. The Kier molecular flexibility index (Phi) is 4.14. The molecule has 0 aliphatic rings. The molecule has 0 aliphatic heterocycles. The van der Waals surface area contributed by atoms with Gasteiger partial charge in [0, 0.05) is 12.3 Å². The van der Waals surface area contributed by atoms with Crippen LogP contribution in [0.25, 0.3) is 0 Å². The highest BCUT2D eigenvalue weighted by molar-refractivity contribution is 5.89. The van der Waals surface area contributed by atoms with Crippen molar-refractivity contribution < 1.29 is 14.5 Å². The van der Waals surface area contributed by atoms with Gasteiger partial charge in [0.25, 0.3) is 5.69 Å². The van der Waals surface area contributed by atoms with Crippen molar-refractivity contribution in [1.82, 2.24) is 4.98 Å². The quantitative estimate of drug-likeness (QED) is 0.455. The Labute approximate surface area is 98.8 Å². The Balaban J connectivity index is 2.88. The van der Waals surface area contributed by atoms with Gasteiger partial charge in [0.15, 0.2) is 0 Å². The Morgan fingerprint density at radius 1 is 1.59 bits per heavy atom. The van der Waals surface area contributed by atoms with Gasteiger partial charge in [-0.25, -0.2) is 4.79 Å². The van der Waals surface area contributed by atoms with Crippen molar-refractivity contribution in [3.8, 4) is 0 Å². The third-order valence-corrected chi connectivity index (χ3v) is 2.04. The maximum absolute atomic E-state index is 11.6. The first-order chi connectivity index (χ1) is 7.91. The van der Waals surface area contributed by atoms with Gasteiger partial charge in [-0.2, -0.15) is 0 Å². The van der Waals surface area contributed by atoms with Crippen LogP contribution >= 0.6 is 0 Å². The number of hydrogen-bond donors (Lipinski definition) is 0. The summed E-state index contributed by atoms with van der Waals surface area (Å²) in [5.74, 6) is -0.373. The number of aryl methyl sites for hydroxylation is 1. The molecule has 0 bridgehead atoms. The van der Waals surface area contributed by atoms with Crippen LogP contribution in [0, 0.1) is 23.0 Å². The normalized spacial score (nSPS) is 10.4. The summed E-state index contributed by atoms with van der Waals surface area (Å²) < 4.78 is 4.96. The van der Waals surface area contributed by atoms with Crippen LogP contribution < -0.4 is 0 Å². The van der Waals surface area contributed by atoms with Gasteiger partial charge in [-0.05, 0) is 12.8 Å². The van der Waals surface area contributed by atoms with Crippen molar-refractivity contribution in [2.75, 3.05) is 6.61 Å². The first kappa shape index (κ1) is 13.1. The van der Waals surface area contributed by atoms with Crippen molar-refractivity contribution in [1.29, 1.82) is 0 Å². The maximum atomic E-state index is 11.6. The van der Waals surface area contributed by atoms with Crippen molar-refractivity contribution in [2.45, 2.75) is 20.8 Å². The predicted octanol–water partition coefficient (Wildman–Crippen LogP) is 2.11. The van der Waals surface area contributed by atoms with Crippen molar-refractivity contribution >= 4 is 11.7 Å². The molecule has 17 heavy (non-hydrogen) atoms.